The first-order valence-electron chi connectivity index (χ1n) is 6.68. The topological polar surface area (TPSA) is 91.4 Å². The molecule has 0 amide bonds. The average Bonchev–Trinajstić information content (AvgIpc) is 3.07. The highest BCUT2D eigenvalue weighted by Gasteiger charge is 2.22. The van der Waals surface area contributed by atoms with E-state index >= 15 is 0 Å². The van der Waals surface area contributed by atoms with Crippen molar-refractivity contribution in [2.45, 2.75) is 0 Å². The van der Waals surface area contributed by atoms with Crippen LogP contribution in [0.15, 0.2) is 60.6 Å². The maximum atomic E-state index is 12.7. The summed E-state index contributed by atoms with van der Waals surface area (Å²) in [4.78, 5) is 24.7. The van der Waals surface area contributed by atoms with Crippen LogP contribution in [0.25, 0.3) is 22.1 Å². The van der Waals surface area contributed by atoms with Gasteiger partial charge in [0.1, 0.15) is 11.1 Å². The number of furan rings is 1. The SMILES string of the molecule is Nc1cccc2c1oc(=O)n2C(=O)c1cc2ccc(Br)cc2o1. The van der Waals surface area contributed by atoms with Gasteiger partial charge in [-0.05, 0) is 36.4 Å². The highest BCUT2D eigenvalue weighted by molar-refractivity contribution is 9.10. The number of fused-ring (bicyclic) bond motifs is 2. The molecule has 0 spiro atoms. The van der Waals surface area contributed by atoms with Crippen LogP contribution in [0.5, 0.6) is 0 Å². The second-order valence-corrected chi connectivity index (χ2v) is 5.91. The van der Waals surface area contributed by atoms with Gasteiger partial charge in [0, 0.05) is 9.86 Å². The highest BCUT2D eigenvalue weighted by atomic mass is 79.9. The van der Waals surface area contributed by atoms with Crippen molar-refractivity contribution >= 4 is 49.6 Å². The Hall–Kier alpha value is -2.80. The first kappa shape index (κ1) is 13.8. The number of aromatic nitrogens is 1. The molecule has 0 saturated carbocycles. The molecule has 0 unspecified atom stereocenters. The number of carbonyl (C=O) groups excluding carboxylic acids is 1. The maximum Gasteiger partial charge on any atom is 0.427 e. The van der Waals surface area contributed by atoms with Gasteiger partial charge in [0.05, 0.1) is 5.69 Å². The van der Waals surface area contributed by atoms with Crippen LogP contribution >= 0.6 is 15.9 Å². The fourth-order valence-corrected chi connectivity index (χ4v) is 2.81. The molecule has 0 fully saturated rings. The van der Waals surface area contributed by atoms with Crippen LogP contribution in [0.1, 0.15) is 10.6 Å². The van der Waals surface area contributed by atoms with Gasteiger partial charge in [-0.15, -0.1) is 0 Å². The fraction of sp³-hybridized carbons (Fsp3) is 0. The molecule has 4 aromatic rings. The predicted octanol–water partition coefficient (Wildman–Crippen LogP) is 3.37. The normalized spacial score (nSPS) is 11.3. The van der Waals surface area contributed by atoms with Crippen LogP contribution < -0.4 is 11.5 Å². The van der Waals surface area contributed by atoms with E-state index in [1.807, 2.05) is 12.1 Å². The smallest absolute Gasteiger partial charge is 0.427 e. The number of halogens is 1. The molecule has 0 radical (unpaired) electrons. The summed E-state index contributed by atoms with van der Waals surface area (Å²) in [5.41, 5.74) is 7.10. The molecule has 2 aromatic carbocycles. The quantitative estimate of drug-likeness (QED) is 0.517. The summed E-state index contributed by atoms with van der Waals surface area (Å²) in [7, 11) is 0. The van der Waals surface area contributed by atoms with E-state index < -0.39 is 11.7 Å². The highest BCUT2D eigenvalue weighted by Crippen LogP contribution is 2.25. The zero-order valence-electron chi connectivity index (χ0n) is 11.6. The van der Waals surface area contributed by atoms with Crippen molar-refractivity contribution in [1.29, 1.82) is 0 Å². The number of carbonyl (C=O) groups is 1. The minimum absolute atomic E-state index is 0.0466. The number of hydrogen-bond donors (Lipinski definition) is 1. The fourth-order valence-electron chi connectivity index (χ4n) is 2.47. The second-order valence-electron chi connectivity index (χ2n) is 5.00. The Bertz CT molecular complexity index is 1140. The summed E-state index contributed by atoms with van der Waals surface area (Å²) in [6.07, 6.45) is 0. The molecule has 0 aliphatic heterocycles. The van der Waals surface area contributed by atoms with Gasteiger partial charge in [-0.25, -0.2) is 9.36 Å². The van der Waals surface area contributed by atoms with Crippen molar-refractivity contribution < 1.29 is 13.6 Å². The minimum atomic E-state index is -0.801. The lowest BCUT2D eigenvalue weighted by molar-refractivity contribution is 0.0931. The van der Waals surface area contributed by atoms with Crippen molar-refractivity contribution in [2.24, 2.45) is 0 Å². The number of nitrogens with two attached hydrogens (primary N) is 1. The standard InChI is InChI=1S/C16H9BrN2O4/c17-9-5-4-8-6-13(22-12(8)7-9)15(20)19-11-3-1-2-10(18)14(11)23-16(19)21/h1-7H,18H2. The number of rotatable bonds is 1. The van der Waals surface area contributed by atoms with E-state index in [1.54, 1.807) is 30.3 Å². The van der Waals surface area contributed by atoms with Crippen molar-refractivity contribution in [1.82, 2.24) is 4.57 Å². The third kappa shape index (κ3) is 2.08. The Labute approximate surface area is 137 Å². The molecule has 23 heavy (non-hydrogen) atoms. The lowest BCUT2D eigenvalue weighted by Crippen LogP contribution is -2.22. The van der Waals surface area contributed by atoms with Crippen LogP contribution in [-0.4, -0.2) is 10.5 Å². The van der Waals surface area contributed by atoms with Crippen LogP contribution in [0.3, 0.4) is 0 Å². The molecule has 2 heterocycles. The lowest BCUT2D eigenvalue weighted by atomic mass is 10.2. The molecule has 4 rings (SSSR count). The Balaban J connectivity index is 1.93. The largest absolute Gasteiger partial charge is 0.451 e. The molecular formula is C16H9BrN2O4. The number of oxazole rings is 1. The van der Waals surface area contributed by atoms with Crippen LogP contribution in [-0.2, 0) is 0 Å². The summed E-state index contributed by atoms with van der Waals surface area (Å²) in [5, 5.41) is 0.761. The first-order valence-corrected chi connectivity index (χ1v) is 7.48. The molecule has 0 bridgehead atoms. The second kappa shape index (κ2) is 4.85. The number of para-hydroxylation sites is 1. The van der Waals surface area contributed by atoms with Crippen molar-refractivity contribution in [2.75, 3.05) is 5.73 Å². The third-order valence-electron chi connectivity index (χ3n) is 3.53. The van der Waals surface area contributed by atoms with Gasteiger partial charge in [-0.2, -0.15) is 0 Å². The van der Waals surface area contributed by atoms with E-state index in [1.165, 1.54) is 0 Å². The zero-order chi connectivity index (χ0) is 16.1. The van der Waals surface area contributed by atoms with E-state index in [4.69, 9.17) is 14.6 Å². The Kier molecular flexibility index (Phi) is 2.92. The van der Waals surface area contributed by atoms with E-state index in [0.717, 1.165) is 14.4 Å². The molecule has 0 atom stereocenters. The molecule has 6 nitrogen and oxygen atoms in total. The van der Waals surface area contributed by atoms with E-state index in [0.29, 0.717) is 16.8 Å². The predicted molar refractivity (Wildman–Crippen MR) is 88.5 cm³/mol. The summed E-state index contributed by atoms with van der Waals surface area (Å²) in [5.74, 6) is -1.36. The number of nitrogen functional groups attached to an aromatic ring is 1. The number of nitrogens with zero attached hydrogens (tertiary/aromatic N) is 1. The van der Waals surface area contributed by atoms with Crippen LogP contribution in [0.4, 0.5) is 5.69 Å². The Morgan fingerprint density at radius 2 is 1.96 bits per heavy atom. The monoisotopic (exact) mass is 372 g/mol. The zero-order valence-corrected chi connectivity index (χ0v) is 13.2. The molecule has 0 aliphatic rings. The maximum absolute atomic E-state index is 12.7. The van der Waals surface area contributed by atoms with Gasteiger partial charge in [0.25, 0.3) is 0 Å². The van der Waals surface area contributed by atoms with Crippen molar-refractivity contribution in [3.63, 3.8) is 0 Å². The minimum Gasteiger partial charge on any atom is -0.451 e. The van der Waals surface area contributed by atoms with Gasteiger partial charge in [0.2, 0.25) is 0 Å². The number of benzene rings is 2. The van der Waals surface area contributed by atoms with Gasteiger partial charge in [-0.3, -0.25) is 4.79 Å². The van der Waals surface area contributed by atoms with Crippen LogP contribution in [0.2, 0.25) is 0 Å². The van der Waals surface area contributed by atoms with E-state index in [9.17, 15) is 9.59 Å². The van der Waals surface area contributed by atoms with Gasteiger partial charge in [0.15, 0.2) is 11.3 Å². The molecular weight excluding hydrogens is 364 g/mol. The molecule has 2 N–H and O–H groups in total. The molecule has 7 heteroatoms. The summed E-state index contributed by atoms with van der Waals surface area (Å²) < 4.78 is 12.4. The Morgan fingerprint density at radius 1 is 1.13 bits per heavy atom. The van der Waals surface area contributed by atoms with E-state index in [2.05, 4.69) is 15.9 Å². The lowest BCUT2D eigenvalue weighted by Gasteiger charge is -1.98. The third-order valence-corrected chi connectivity index (χ3v) is 4.03. The molecule has 114 valence electrons. The molecule has 0 aliphatic carbocycles. The van der Waals surface area contributed by atoms with E-state index in [-0.39, 0.29) is 11.3 Å². The van der Waals surface area contributed by atoms with Crippen LogP contribution in [0, 0.1) is 0 Å². The van der Waals surface area contributed by atoms with Crippen molar-refractivity contribution in [3.05, 3.63) is 63.2 Å². The Morgan fingerprint density at radius 3 is 2.78 bits per heavy atom. The first-order chi connectivity index (χ1) is 11.0. The molecule has 0 saturated heterocycles. The van der Waals surface area contributed by atoms with Crippen molar-refractivity contribution in [3.8, 4) is 0 Å². The average molecular weight is 373 g/mol. The summed E-state index contributed by atoms with van der Waals surface area (Å²) >= 11 is 3.34. The summed E-state index contributed by atoms with van der Waals surface area (Å²) in [6, 6.07) is 11.8. The van der Waals surface area contributed by atoms with Gasteiger partial charge >= 0.3 is 11.7 Å². The summed E-state index contributed by atoms with van der Waals surface area (Å²) in [6.45, 7) is 0. The van der Waals surface area contributed by atoms with Gasteiger partial charge < -0.3 is 14.6 Å². The molecule has 2 aromatic heterocycles. The van der Waals surface area contributed by atoms with Gasteiger partial charge in [-0.1, -0.05) is 22.0 Å². The number of anilines is 1. The number of hydrogen-bond acceptors (Lipinski definition) is 5.